The number of para-hydroxylation sites is 1. The fraction of sp³-hybridized carbons (Fsp3) is 0.160. The van der Waals surface area contributed by atoms with Gasteiger partial charge in [-0.25, -0.2) is 13.2 Å². The van der Waals surface area contributed by atoms with Gasteiger partial charge in [-0.2, -0.15) is 0 Å². The highest BCUT2D eigenvalue weighted by Crippen LogP contribution is 2.41. The van der Waals surface area contributed by atoms with Crippen LogP contribution in [0.3, 0.4) is 0 Å². The first-order valence-corrected chi connectivity index (χ1v) is 12.9. The highest BCUT2D eigenvalue weighted by atomic mass is 35.5. The summed E-state index contributed by atoms with van der Waals surface area (Å²) in [6.45, 7) is -0.645. The van der Waals surface area contributed by atoms with Crippen LogP contribution in [-0.2, 0) is 10.0 Å². The van der Waals surface area contributed by atoms with Gasteiger partial charge in [-0.3, -0.25) is 4.31 Å². The quantitative estimate of drug-likeness (QED) is 0.308. The number of aromatic carboxylic acids is 1. The van der Waals surface area contributed by atoms with Gasteiger partial charge in [0.1, 0.15) is 34.2 Å². The summed E-state index contributed by atoms with van der Waals surface area (Å²) >= 11 is 6.14. The van der Waals surface area contributed by atoms with E-state index in [-0.39, 0.29) is 40.3 Å². The lowest BCUT2D eigenvalue weighted by Crippen LogP contribution is -2.32. The Morgan fingerprint density at radius 2 is 1.78 bits per heavy atom. The number of fused-ring (bicyclic) bond motifs is 1. The molecule has 0 fully saturated rings. The molecule has 36 heavy (non-hydrogen) atoms. The predicted molar refractivity (Wildman–Crippen MR) is 136 cm³/mol. The van der Waals surface area contributed by atoms with Crippen molar-refractivity contribution in [2.24, 2.45) is 0 Å². The van der Waals surface area contributed by atoms with E-state index >= 15 is 0 Å². The van der Waals surface area contributed by atoms with Crippen molar-refractivity contribution < 1.29 is 37.3 Å². The lowest BCUT2D eigenvalue weighted by molar-refractivity contribution is 0.0699. The Morgan fingerprint density at radius 3 is 2.36 bits per heavy atom. The second-order valence-corrected chi connectivity index (χ2v) is 10.1. The number of methoxy groups -OCH3 is 1. The maximum Gasteiger partial charge on any atom is 0.340 e. The number of sulfonamides is 1. The maximum absolute atomic E-state index is 12.3. The van der Waals surface area contributed by atoms with Crippen LogP contribution in [-0.4, -0.2) is 51.1 Å². The number of carbonyl (C=O) groups is 1. The maximum atomic E-state index is 12.3. The SMILES string of the molecule is COc1cc2c(C(=O)O)c(-c3ccc(Oc4ccccc4Cl)cc3)oc2cc1N(CCO)S(C)(=O)=O. The molecule has 1 heterocycles. The highest BCUT2D eigenvalue weighted by Gasteiger charge is 2.27. The van der Waals surface area contributed by atoms with Crippen LogP contribution >= 0.6 is 11.6 Å². The zero-order chi connectivity index (χ0) is 26.0. The molecule has 0 atom stereocenters. The first kappa shape index (κ1) is 25.4. The summed E-state index contributed by atoms with van der Waals surface area (Å²) in [5.41, 5.74) is 0.608. The van der Waals surface area contributed by atoms with Crippen molar-refractivity contribution in [1.29, 1.82) is 0 Å². The molecule has 0 bridgehead atoms. The molecule has 9 nitrogen and oxygen atoms in total. The molecule has 3 aromatic carbocycles. The number of aliphatic hydroxyl groups is 1. The number of halogens is 1. The molecule has 0 aliphatic heterocycles. The fourth-order valence-electron chi connectivity index (χ4n) is 3.77. The molecular weight excluding hydrogens is 510 g/mol. The van der Waals surface area contributed by atoms with Crippen molar-refractivity contribution in [2.45, 2.75) is 0 Å². The van der Waals surface area contributed by atoms with E-state index in [1.807, 2.05) is 0 Å². The monoisotopic (exact) mass is 531 g/mol. The van der Waals surface area contributed by atoms with Gasteiger partial charge in [0.05, 0.1) is 37.2 Å². The van der Waals surface area contributed by atoms with Gasteiger partial charge in [-0.15, -0.1) is 0 Å². The summed E-state index contributed by atoms with van der Waals surface area (Å²) in [7, 11) is -2.44. The lowest BCUT2D eigenvalue weighted by Gasteiger charge is -2.23. The number of benzene rings is 3. The Hall–Kier alpha value is -3.73. The van der Waals surface area contributed by atoms with Gasteiger partial charge in [-0.1, -0.05) is 23.7 Å². The lowest BCUT2D eigenvalue weighted by atomic mass is 10.0. The number of hydrogen-bond donors (Lipinski definition) is 2. The Bertz CT molecular complexity index is 1530. The van der Waals surface area contributed by atoms with E-state index in [0.717, 1.165) is 10.6 Å². The average Bonchev–Trinajstić information content (AvgIpc) is 3.21. The molecule has 11 heteroatoms. The van der Waals surface area contributed by atoms with Crippen LogP contribution in [0.5, 0.6) is 17.2 Å². The van der Waals surface area contributed by atoms with E-state index in [0.29, 0.717) is 22.1 Å². The second-order valence-electron chi connectivity index (χ2n) is 7.75. The van der Waals surface area contributed by atoms with Gasteiger partial charge < -0.3 is 24.1 Å². The van der Waals surface area contributed by atoms with Gasteiger partial charge in [0.2, 0.25) is 10.0 Å². The van der Waals surface area contributed by atoms with Crippen molar-refractivity contribution >= 4 is 44.3 Å². The molecule has 4 aromatic rings. The smallest absolute Gasteiger partial charge is 0.340 e. The van der Waals surface area contributed by atoms with Crippen LogP contribution in [0.25, 0.3) is 22.3 Å². The topological polar surface area (TPSA) is 127 Å². The molecule has 0 aliphatic carbocycles. The minimum atomic E-state index is -3.77. The van der Waals surface area contributed by atoms with E-state index in [1.165, 1.54) is 19.2 Å². The number of nitrogens with zero attached hydrogens (tertiary/aromatic N) is 1. The number of carboxylic acids is 1. The van der Waals surface area contributed by atoms with Crippen molar-refractivity contribution in [3.8, 4) is 28.6 Å². The minimum absolute atomic E-state index is 0.0778. The molecule has 0 radical (unpaired) electrons. The van der Waals surface area contributed by atoms with Crippen molar-refractivity contribution in [3.05, 3.63) is 71.2 Å². The number of carboxylic acid groups (broad SMARTS) is 1. The van der Waals surface area contributed by atoms with Crippen molar-refractivity contribution in [2.75, 3.05) is 30.8 Å². The Balaban J connectivity index is 1.81. The van der Waals surface area contributed by atoms with E-state index in [1.54, 1.807) is 48.5 Å². The number of rotatable bonds is 9. The zero-order valence-electron chi connectivity index (χ0n) is 19.3. The normalized spacial score (nSPS) is 11.4. The largest absolute Gasteiger partial charge is 0.495 e. The molecule has 2 N–H and O–H groups in total. The summed E-state index contributed by atoms with van der Waals surface area (Å²) < 4.78 is 42.7. The highest BCUT2D eigenvalue weighted by molar-refractivity contribution is 7.92. The standard InChI is InChI=1S/C25H22ClNO8S/c1-33-22-13-17-21(14-19(22)27(11-12-28)36(2,31)32)35-24(23(17)25(29)30)15-7-9-16(10-8-15)34-20-6-4-3-5-18(20)26/h3-10,13-14,28H,11-12H2,1-2H3,(H,29,30). The molecule has 0 aliphatic rings. The molecule has 188 valence electrons. The average molecular weight is 532 g/mol. The van der Waals surface area contributed by atoms with Crippen LogP contribution < -0.4 is 13.8 Å². The van der Waals surface area contributed by atoms with Gasteiger partial charge in [0.25, 0.3) is 0 Å². The number of aliphatic hydroxyl groups excluding tert-OH is 1. The number of ether oxygens (including phenoxy) is 2. The Morgan fingerprint density at radius 1 is 1.08 bits per heavy atom. The zero-order valence-corrected chi connectivity index (χ0v) is 20.8. The molecule has 0 saturated carbocycles. The third kappa shape index (κ3) is 4.97. The summed E-state index contributed by atoms with van der Waals surface area (Å²) in [6.07, 6.45) is 0.995. The molecule has 0 spiro atoms. The third-order valence-electron chi connectivity index (χ3n) is 5.36. The number of anilines is 1. The fourth-order valence-corrected chi connectivity index (χ4v) is 4.86. The van der Waals surface area contributed by atoms with E-state index in [2.05, 4.69) is 0 Å². The first-order chi connectivity index (χ1) is 17.1. The first-order valence-electron chi connectivity index (χ1n) is 10.6. The molecule has 0 amide bonds. The van der Waals surface area contributed by atoms with Gasteiger partial charge >= 0.3 is 5.97 Å². The summed E-state index contributed by atoms with van der Waals surface area (Å²) in [4.78, 5) is 12.2. The van der Waals surface area contributed by atoms with Crippen LogP contribution in [0, 0.1) is 0 Å². The minimum Gasteiger partial charge on any atom is -0.495 e. The van der Waals surface area contributed by atoms with Gasteiger partial charge in [0, 0.05) is 17.0 Å². The van der Waals surface area contributed by atoms with Crippen molar-refractivity contribution in [3.63, 3.8) is 0 Å². The van der Waals surface area contributed by atoms with E-state index in [9.17, 15) is 23.4 Å². The van der Waals surface area contributed by atoms with E-state index < -0.39 is 22.6 Å². The summed E-state index contributed by atoms with van der Waals surface area (Å²) in [5, 5.41) is 20.0. The molecule has 0 saturated heterocycles. The third-order valence-corrected chi connectivity index (χ3v) is 6.85. The number of furan rings is 1. The molecular formula is C25H22ClNO8S. The van der Waals surface area contributed by atoms with Crippen LogP contribution in [0.4, 0.5) is 5.69 Å². The van der Waals surface area contributed by atoms with Gasteiger partial charge in [0.15, 0.2) is 0 Å². The molecule has 0 unspecified atom stereocenters. The van der Waals surface area contributed by atoms with Crippen molar-refractivity contribution in [1.82, 2.24) is 0 Å². The Labute approximate surface area is 212 Å². The van der Waals surface area contributed by atoms with Gasteiger partial charge in [-0.05, 0) is 42.5 Å². The molecule has 4 rings (SSSR count). The summed E-state index contributed by atoms with van der Waals surface area (Å²) in [6, 6.07) is 16.4. The second kappa shape index (κ2) is 10.1. The predicted octanol–water partition coefficient (Wildman–Crippen LogP) is 5.01. The van der Waals surface area contributed by atoms with Crippen LogP contribution in [0.2, 0.25) is 5.02 Å². The number of hydrogen-bond acceptors (Lipinski definition) is 7. The molecule has 1 aromatic heterocycles. The van der Waals surface area contributed by atoms with Crippen LogP contribution in [0.15, 0.2) is 65.1 Å². The van der Waals surface area contributed by atoms with Crippen LogP contribution in [0.1, 0.15) is 10.4 Å². The van der Waals surface area contributed by atoms with E-state index in [4.69, 9.17) is 25.5 Å². The summed E-state index contributed by atoms with van der Waals surface area (Å²) in [5.74, 6) is -0.0875. The Kier molecular flexibility index (Phi) is 7.11.